The van der Waals surface area contributed by atoms with Crippen LogP contribution in [0.1, 0.15) is 27.8 Å². The van der Waals surface area contributed by atoms with Crippen molar-refractivity contribution in [2.75, 3.05) is 13.3 Å². The standard InChI is InChI=1S/C40H35N3O4/c44-39(20-16-30-15-19-37-38(25-30)47-28-46-37)43(26-31-13-17-33(18-14-31)35-12-6-7-22-41-35)36(24-29-8-2-1-3-9-29)40(45)42-23-21-32-10-4-5-11-34(32)27-42/h1-20,22,25,36H,21,23-24,26-28H2/b20-16+/t36-/m0/s1. The molecule has 1 aromatic heterocycles. The average molecular weight is 622 g/mol. The Kier molecular flexibility index (Phi) is 8.77. The summed E-state index contributed by atoms with van der Waals surface area (Å²) < 4.78 is 11.0. The highest BCUT2D eigenvalue weighted by atomic mass is 16.7. The van der Waals surface area contributed by atoms with Gasteiger partial charge < -0.3 is 19.3 Å². The molecule has 234 valence electrons. The Morgan fingerprint density at radius 1 is 0.809 bits per heavy atom. The molecule has 0 fully saturated rings. The van der Waals surface area contributed by atoms with E-state index < -0.39 is 6.04 Å². The Bertz CT molecular complexity index is 1890. The van der Waals surface area contributed by atoms with Crippen LogP contribution >= 0.6 is 0 Å². The average Bonchev–Trinajstić information content (AvgIpc) is 3.61. The van der Waals surface area contributed by atoms with Crippen molar-refractivity contribution in [1.29, 1.82) is 0 Å². The fourth-order valence-electron chi connectivity index (χ4n) is 6.20. The first-order valence-electron chi connectivity index (χ1n) is 15.9. The van der Waals surface area contributed by atoms with Crippen LogP contribution in [0.15, 0.2) is 128 Å². The SMILES string of the molecule is O=C([C@H](Cc1ccccc1)N(Cc1ccc(-c2ccccn2)cc1)C(=O)/C=C/c1ccc2c(c1)OCO2)N1CCc2ccccc2C1. The minimum absolute atomic E-state index is 0.0571. The van der Waals surface area contributed by atoms with Gasteiger partial charge in [-0.2, -0.15) is 0 Å². The molecule has 1 atom stereocenters. The molecule has 5 aromatic rings. The molecule has 2 aliphatic rings. The van der Waals surface area contributed by atoms with Crippen LogP contribution in [0.3, 0.4) is 0 Å². The maximum absolute atomic E-state index is 14.6. The van der Waals surface area contributed by atoms with Crippen LogP contribution in [0, 0.1) is 0 Å². The fraction of sp³-hybridized carbons (Fsp3) is 0.175. The van der Waals surface area contributed by atoms with Gasteiger partial charge in [0.2, 0.25) is 18.6 Å². The van der Waals surface area contributed by atoms with E-state index in [1.54, 1.807) is 23.2 Å². The van der Waals surface area contributed by atoms with Crippen LogP contribution in [-0.4, -0.2) is 46.0 Å². The zero-order valence-electron chi connectivity index (χ0n) is 26.0. The molecular weight excluding hydrogens is 586 g/mol. The maximum atomic E-state index is 14.6. The van der Waals surface area contributed by atoms with E-state index in [-0.39, 0.29) is 25.2 Å². The molecule has 0 saturated heterocycles. The summed E-state index contributed by atoms with van der Waals surface area (Å²) in [4.78, 5) is 36.9. The van der Waals surface area contributed by atoms with E-state index in [2.05, 4.69) is 17.1 Å². The molecule has 7 nitrogen and oxygen atoms in total. The highest BCUT2D eigenvalue weighted by molar-refractivity contribution is 5.96. The second-order valence-corrected chi connectivity index (χ2v) is 11.8. The van der Waals surface area contributed by atoms with Gasteiger partial charge >= 0.3 is 0 Å². The first kappa shape index (κ1) is 30.0. The number of aromatic nitrogens is 1. The summed E-state index contributed by atoms with van der Waals surface area (Å²) in [6.07, 6.45) is 6.27. The minimum Gasteiger partial charge on any atom is -0.454 e. The number of benzene rings is 4. The van der Waals surface area contributed by atoms with Gasteiger partial charge in [0.1, 0.15) is 6.04 Å². The predicted molar refractivity (Wildman–Crippen MR) is 181 cm³/mol. The van der Waals surface area contributed by atoms with Crippen LogP contribution in [0.25, 0.3) is 17.3 Å². The minimum atomic E-state index is -0.716. The lowest BCUT2D eigenvalue weighted by atomic mass is 9.97. The number of hydrogen-bond donors (Lipinski definition) is 0. The second kappa shape index (κ2) is 13.7. The van der Waals surface area contributed by atoms with Crippen molar-refractivity contribution in [3.8, 4) is 22.8 Å². The van der Waals surface area contributed by atoms with Gasteiger partial charge in [0.15, 0.2) is 11.5 Å². The molecule has 0 N–H and O–H groups in total. The Hall–Kier alpha value is -5.69. The van der Waals surface area contributed by atoms with Crippen molar-refractivity contribution in [1.82, 2.24) is 14.8 Å². The number of carbonyl (C=O) groups excluding carboxylic acids is 2. The highest BCUT2D eigenvalue weighted by Gasteiger charge is 2.34. The molecule has 3 heterocycles. The van der Waals surface area contributed by atoms with E-state index in [1.165, 1.54) is 5.56 Å². The van der Waals surface area contributed by atoms with Crippen LogP contribution in [0.4, 0.5) is 0 Å². The van der Waals surface area contributed by atoms with Crippen molar-refractivity contribution in [2.45, 2.75) is 32.0 Å². The van der Waals surface area contributed by atoms with Gasteiger partial charge in [-0.1, -0.05) is 91.0 Å². The summed E-state index contributed by atoms with van der Waals surface area (Å²) in [5.74, 6) is 1.02. The molecule has 0 saturated carbocycles. The van der Waals surface area contributed by atoms with E-state index in [0.717, 1.165) is 39.9 Å². The topological polar surface area (TPSA) is 72.0 Å². The molecule has 7 heteroatoms. The first-order valence-corrected chi connectivity index (χ1v) is 15.9. The zero-order chi connectivity index (χ0) is 32.0. The van der Waals surface area contributed by atoms with Crippen LogP contribution < -0.4 is 9.47 Å². The number of ether oxygens (including phenoxy) is 2. The van der Waals surface area contributed by atoms with E-state index in [1.807, 2.05) is 108 Å². The highest BCUT2D eigenvalue weighted by Crippen LogP contribution is 2.33. The van der Waals surface area contributed by atoms with E-state index >= 15 is 0 Å². The van der Waals surface area contributed by atoms with Crippen molar-refractivity contribution >= 4 is 17.9 Å². The molecule has 0 aliphatic carbocycles. The lowest BCUT2D eigenvalue weighted by Gasteiger charge is -2.37. The van der Waals surface area contributed by atoms with Gasteiger partial charge in [0.05, 0.1) is 5.69 Å². The number of hydrogen-bond acceptors (Lipinski definition) is 5. The smallest absolute Gasteiger partial charge is 0.247 e. The normalized spacial score (nSPS) is 14.1. The third-order valence-corrected chi connectivity index (χ3v) is 8.74. The van der Waals surface area contributed by atoms with E-state index in [4.69, 9.17) is 9.47 Å². The third kappa shape index (κ3) is 6.94. The molecule has 0 spiro atoms. The molecule has 2 aliphatic heterocycles. The van der Waals surface area contributed by atoms with Crippen LogP contribution in [-0.2, 0) is 35.5 Å². The fourth-order valence-corrected chi connectivity index (χ4v) is 6.20. The summed E-state index contributed by atoms with van der Waals surface area (Å²) in [7, 11) is 0. The van der Waals surface area contributed by atoms with Crippen molar-refractivity contribution < 1.29 is 19.1 Å². The molecule has 0 unspecified atom stereocenters. The number of pyridine rings is 1. The summed E-state index contributed by atoms with van der Waals surface area (Å²) >= 11 is 0. The summed E-state index contributed by atoms with van der Waals surface area (Å²) in [5, 5.41) is 0. The van der Waals surface area contributed by atoms with Crippen molar-refractivity contribution in [3.05, 3.63) is 155 Å². The molecule has 2 amide bonds. The Balaban J connectivity index is 1.22. The van der Waals surface area contributed by atoms with E-state index in [0.29, 0.717) is 31.0 Å². The van der Waals surface area contributed by atoms with Crippen LogP contribution in [0.5, 0.6) is 11.5 Å². The maximum Gasteiger partial charge on any atom is 0.247 e. The van der Waals surface area contributed by atoms with Gasteiger partial charge in [-0.15, -0.1) is 0 Å². The van der Waals surface area contributed by atoms with Crippen molar-refractivity contribution in [3.63, 3.8) is 0 Å². The predicted octanol–water partition coefficient (Wildman–Crippen LogP) is 6.72. The molecule has 7 rings (SSSR count). The molecule has 47 heavy (non-hydrogen) atoms. The van der Waals surface area contributed by atoms with Gasteiger partial charge in [0.25, 0.3) is 0 Å². The lowest BCUT2D eigenvalue weighted by Crippen LogP contribution is -2.52. The van der Waals surface area contributed by atoms with Gasteiger partial charge in [-0.05, 0) is 64.6 Å². The third-order valence-electron chi connectivity index (χ3n) is 8.74. The van der Waals surface area contributed by atoms with Gasteiger partial charge in [-0.25, -0.2) is 0 Å². The molecule has 0 bridgehead atoms. The number of fused-ring (bicyclic) bond motifs is 2. The number of rotatable bonds is 9. The number of carbonyl (C=O) groups is 2. The Morgan fingerprint density at radius 2 is 1.57 bits per heavy atom. The first-order chi connectivity index (χ1) is 23.1. The quantitative estimate of drug-likeness (QED) is 0.171. The summed E-state index contributed by atoms with van der Waals surface area (Å²) in [6, 6.07) is 36.9. The van der Waals surface area contributed by atoms with Gasteiger partial charge in [0, 0.05) is 43.9 Å². The van der Waals surface area contributed by atoms with Crippen LogP contribution in [0.2, 0.25) is 0 Å². The Labute approximate surface area is 274 Å². The molecule has 0 radical (unpaired) electrons. The summed E-state index contributed by atoms with van der Waals surface area (Å²) in [6.45, 7) is 1.57. The molecule has 4 aromatic carbocycles. The lowest BCUT2D eigenvalue weighted by molar-refractivity contribution is -0.144. The largest absolute Gasteiger partial charge is 0.454 e. The van der Waals surface area contributed by atoms with E-state index in [9.17, 15) is 9.59 Å². The van der Waals surface area contributed by atoms with Crippen molar-refractivity contribution in [2.24, 2.45) is 0 Å². The summed E-state index contributed by atoms with van der Waals surface area (Å²) in [5.41, 5.74) is 7.00. The number of amides is 2. The van der Waals surface area contributed by atoms with Gasteiger partial charge in [-0.3, -0.25) is 14.6 Å². The second-order valence-electron chi connectivity index (χ2n) is 11.8. The number of nitrogens with zero attached hydrogens (tertiary/aromatic N) is 3. The zero-order valence-corrected chi connectivity index (χ0v) is 26.0. The Morgan fingerprint density at radius 3 is 2.38 bits per heavy atom. The monoisotopic (exact) mass is 621 g/mol. The molecular formula is C40H35N3O4.